The molecule has 0 spiro atoms. The molecule has 41 heteroatoms. The number of aliphatic hydroxyl groups is 9. The third kappa shape index (κ3) is 45.9. The standard InChI is InChI=1S/C77H139N11O30/c1-51(92)85-65-71(106)68(103)54(44-89)116-74(65)113-38-18-14-24-57(95)78-32-21-35-81-60(98)28-41-110-48-77(88-63(101)27-13-11-9-7-5-6-8-10-12-17-31-84-64(102)47-109-4,49-111-42-29-61(99)82-36-22-33-79-58(96)25-15-19-39-114-75-66(86-52(2)93)72(107)69(104)55(45-90)117-75)50-112-43-30-62(100)83-37-23-34-80-59(97)26-16-20-40-115-76-67(87-53(3)94)73(108)70(105)56(46-91)118-76/h54-56,65-76,89-91,103-108H,5-50H2,1-4H3,(H,78,95)(H,79,96)(H,80,97)(H,81,98)(H,82,99)(H,83,100)(H,84,102)(H,85,92)(H,86,93)(H,87,94)(H,88,101)/t54?,55?,56?,65?,66?,67?,68-,69-,70-,71+,72+,73+,74+,75+,76+,77?/m0/s1. The Kier molecular flexibility index (Phi) is 56.7. The van der Waals surface area contributed by atoms with Crippen molar-refractivity contribution in [2.45, 2.75) is 285 Å². The van der Waals surface area contributed by atoms with E-state index in [0.29, 0.717) is 70.8 Å². The second kappa shape index (κ2) is 63.4. The summed E-state index contributed by atoms with van der Waals surface area (Å²) in [7, 11) is 1.47. The van der Waals surface area contributed by atoms with Gasteiger partial charge in [-0.2, -0.15) is 0 Å². The average Bonchev–Trinajstić information content (AvgIpc) is 0.823. The normalized spacial score (nSPS) is 23.5. The summed E-state index contributed by atoms with van der Waals surface area (Å²) >= 11 is 0. The summed E-state index contributed by atoms with van der Waals surface area (Å²) in [6.07, 6.45) is -2.47. The molecule has 3 aliphatic heterocycles. The number of hydrogen-bond donors (Lipinski definition) is 20. The number of unbranched alkanes of at least 4 members (excludes halogenated alkanes) is 12. The molecule has 0 aromatic heterocycles. The van der Waals surface area contributed by atoms with Gasteiger partial charge in [-0.15, -0.1) is 0 Å². The van der Waals surface area contributed by atoms with Gasteiger partial charge in [0.1, 0.15) is 85.2 Å². The maximum atomic E-state index is 14.0. The molecule has 3 saturated heterocycles. The molecule has 0 radical (unpaired) electrons. The highest BCUT2D eigenvalue weighted by Crippen LogP contribution is 2.26. The Morgan fingerprint density at radius 3 is 0.847 bits per heavy atom. The molecule has 682 valence electrons. The first-order valence-corrected chi connectivity index (χ1v) is 41.6. The van der Waals surface area contributed by atoms with Gasteiger partial charge in [-0.3, -0.25) is 52.7 Å². The van der Waals surface area contributed by atoms with Crippen molar-refractivity contribution >= 4 is 65.0 Å². The minimum atomic E-state index is -1.46. The summed E-state index contributed by atoms with van der Waals surface area (Å²) in [5.74, 6) is -3.80. The van der Waals surface area contributed by atoms with Gasteiger partial charge >= 0.3 is 0 Å². The molecule has 41 nitrogen and oxygen atoms in total. The average molecular weight is 1700 g/mol. The fraction of sp³-hybridized carbons (Fsp3) is 0.857. The Hall–Kier alpha value is -6.59. The zero-order valence-electron chi connectivity index (χ0n) is 69.3. The third-order valence-corrected chi connectivity index (χ3v) is 19.4. The van der Waals surface area contributed by atoms with E-state index in [1.54, 1.807) is 0 Å². The van der Waals surface area contributed by atoms with Crippen molar-refractivity contribution in [2.24, 2.45) is 0 Å². The molecule has 3 aliphatic rings. The van der Waals surface area contributed by atoms with Crippen LogP contribution >= 0.6 is 0 Å². The van der Waals surface area contributed by atoms with Gasteiger partial charge < -0.3 is 152 Å². The molecule has 118 heavy (non-hydrogen) atoms. The predicted molar refractivity (Wildman–Crippen MR) is 420 cm³/mol. The molecule has 20 N–H and O–H groups in total. The molecule has 6 unspecified atom stereocenters. The molecule has 0 aromatic carbocycles. The van der Waals surface area contributed by atoms with Crippen LogP contribution in [-0.2, 0) is 100 Å². The number of rotatable bonds is 67. The Morgan fingerprint density at radius 1 is 0.305 bits per heavy atom. The van der Waals surface area contributed by atoms with E-state index >= 15 is 0 Å². The molecule has 15 atom stereocenters. The second-order valence-corrected chi connectivity index (χ2v) is 29.7. The zero-order valence-corrected chi connectivity index (χ0v) is 69.3. The van der Waals surface area contributed by atoms with E-state index in [1.165, 1.54) is 27.9 Å². The highest BCUT2D eigenvalue weighted by Gasteiger charge is 2.48. The summed E-state index contributed by atoms with van der Waals surface area (Å²) in [5, 5.41) is 121. The Morgan fingerprint density at radius 2 is 0.559 bits per heavy atom. The van der Waals surface area contributed by atoms with Crippen LogP contribution in [0.3, 0.4) is 0 Å². The summed E-state index contributed by atoms with van der Waals surface area (Å²) in [4.78, 5) is 138. The van der Waals surface area contributed by atoms with Crippen LogP contribution in [0.25, 0.3) is 0 Å². The van der Waals surface area contributed by atoms with Gasteiger partial charge in [0.05, 0.1) is 59.5 Å². The minimum Gasteiger partial charge on any atom is -0.394 e. The van der Waals surface area contributed by atoms with E-state index in [4.69, 9.17) is 47.4 Å². The number of amides is 11. The first-order valence-electron chi connectivity index (χ1n) is 41.6. The highest BCUT2D eigenvalue weighted by molar-refractivity contribution is 5.79. The fourth-order valence-corrected chi connectivity index (χ4v) is 12.9. The Bertz CT molecular complexity index is 2620. The van der Waals surface area contributed by atoms with Gasteiger partial charge in [-0.05, 0) is 70.6 Å². The number of ether oxygens (including phenoxy) is 10. The molecule has 3 heterocycles. The Labute approximate surface area is 691 Å². The molecule has 0 aliphatic carbocycles. The maximum Gasteiger partial charge on any atom is 0.245 e. The number of aliphatic hydroxyl groups excluding tert-OH is 9. The number of methoxy groups -OCH3 is 1. The fourth-order valence-electron chi connectivity index (χ4n) is 12.9. The van der Waals surface area contributed by atoms with E-state index in [1.807, 2.05) is 0 Å². The van der Waals surface area contributed by atoms with E-state index in [9.17, 15) is 98.7 Å². The molecular formula is C77H139N11O30. The molecular weight excluding hydrogens is 1560 g/mol. The van der Waals surface area contributed by atoms with Gasteiger partial charge in [0, 0.05) is 138 Å². The maximum absolute atomic E-state index is 14.0. The van der Waals surface area contributed by atoms with Crippen LogP contribution in [0.5, 0.6) is 0 Å². The lowest BCUT2D eigenvalue weighted by atomic mass is 9.97. The zero-order chi connectivity index (χ0) is 86.9. The van der Waals surface area contributed by atoms with E-state index in [0.717, 1.165) is 57.8 Å². The third-order valence-electron chi connectivity index (χ3n) is 19.4. The van der Waals surface area contributed by atoms with E-state index in [2.05, 4.69) is 58.5 Å². The lowest BCUT2D eigenvalue weighted by molar-refractivity contribution is -0.270. The lowest BCUT2D eigenvalue weighted by Gasteiger charge is -2.42. The lowest BCUT2D eigenvalue weighted by Crippen LogP contribution is -2.64. The van der Waals surface area contributed by atoms with Crippen LogP contribution in [-0.4, -0.2) is 347 Å². The molecule has 0 aromatic rings. The molecule has 11 amide bonds. The topological polar surface area (TPSA) is 594 Å². The first-order chi connectivity index (χ1) is 56.7. The van der Waals surface area contributed by atoms with Crippen LogP contribution in [0.15, 0.2) is 0 Å². The number of carbonyl (C=O) groups excluding carboxylic acids is 11. The summed E-state index contributed by atoms with van der Waals surface area (Å²) in [6, 6.07) is -3.28. The molecule has 0 saturated carbocycles. The monoisotopic (exact) mass is 1700 g/mol. The van der Waals surface area contributed by atoms with Crippen molar-refractivity contribution in [3.8, 4) is 0 Å². The molecule has 3 fully saturated rings. The quantitative estimate of drug-likeness (QED) is 0.0255. The number of nitrogens with one attached hydrogen (secondary N) is 11. The largest absolute Gasteiger partial charge is 0.394 e. The number of hydrogen-bond acceptors (Lipinski definition) is 30. The minimum absolute atomic E-state index is 0.0362. The van der Waals surface area contributed by atoms with Crippen molar-refractivity contribution in [1.82, 2.24) is 58.5 Å². The van der Waals surface area contributed by atoms with Gasteiger partial charge in [0.2, 0.25) is 65.0 Å². The molecule has 3 rings (SSSR count). The van der Waals surface area contributed by atoms with Crippen LogP contribution in [0.4, 0.5) is 0 Å². The predicted octanol–water partition coefficient (Wildman–Crippen LogP) is -4.63. The van der Waals surface area contributed by atoms with Crippen molar-refractivity contribution < 1.29 is 146 Å². The van der Waals surface area contributed by atoms with Crippen LogP contribution in [0.1, 0.15) is 188 Å². The van der Waals surface area contributed by atoms with Gasteiger partial charge in [-0.1, -0.05) is 51.4 Å². The van der Waals surface area contributed by atoms with Crippen molar-refractivity contribution in [3.05, 3.63) is 0 Å². The summed E-state index contributed by atoms with van der Waals surface area (Å²) in [6.45, 7) is 3.11. The van der Waals surface area contributed by atoms with Crippen LogP contribution in [0.2, 0.25) is 0 Å². The highest BCUT2D eigenvalue weighted by atomic mass is 16.7. The van der Waals surface area contributed by atoms with Gasteiger partial charge in [0.25, 0.3) is 0 Å². The summed E-state index contributed by atoms with van der Waals surface area (Å²) < 4.78 is 57.1. The SMILES string of the molecule is COCC(=O)NCCCCCCCCCCCCC(=O)NC(COCCC(=O)NCCCNC(=O)CCCCO[C@@H]1OC(CO)[C@H](O)[C@H](O)C1NC(C)=O)(COCCC(=O)NCCCNC(=O)CCCCO[C@@H]1OC(CO)[C@H](O)[C@H](O)C1NC(C)=O)COCCC(=O)NCCCNC(=O)CCCCO[C@@H]1OC(CO)[C@H](O)[C@H](O)C1NC(C)=O. The second-order valence-electron chi connectivity index (χ2n) is 29.7. The Balaban J connectivity index is 1.57. The number of carbonyl (C=O) groups is 11. The van der Waals surface area contributed by atoms with Gasteiger partial charge in [-0.25, -0.2) is 0 Å². The van der Waals surface area contributed by atoms with Crippen LogP contribution in [0, 0.1) is 0 Å². The van der Waals surface area contributed by atoms with Crippen LogP contribution < -0.4 is 58.5 Å². The first kappa shape index (κ1) is 106. The summed E-state index contributed by atoms with van der Waals surface area (Å²) in [5.41, 5.74) is -1.41. The van der Waals surface area contributed by atoms with E-state index in [-0.39, 0.29) is 198 Å². The molecule has 0 bridgehead atoms. The van der Waals surface area contributed by atoms with Crippen molar-refractivity contribution in [3.63, 3.8) is 0 Å². The van der Waals surface area contributed by atoms with Crippen molar-refractivity contribution in [1.29, 1.82) is 0 Å². The van der Waals surface area contributed by atoms with E-state index < -0.39 is 135 Å². The van der Waals surface area contributed by atoms with Crippen molar-refractivity contribution in [2.75, 3.05) is 139 Å². The van der Waals surface area contributed by atoms with Gasteiger partial charge in [0.15, 0.2) is 18.9 Å². The smallest absolute Gasteiger partial charge is 0.245 e.